The summed E-state index contributed by atoms with van der Waals surface area (Å²) in [5.74, 6) is 1.04. The third-order valence-corrected chi connectivity index (χ3v) is 4.51. The van der Waals surface area contributed by atoms with E-state index >= 15 is 0 Å². The number of nitrogens with one attached hydrogen (secondary N) is 1. The standard InChI is InChI=1S/C13H20N2O4S/c1-2-10(14)9-15-20(16,17)11-4-5-12-13(8-11)19-7-3-6-18-12/h4-5,8,10,15H,2-3,6-7,9,14H2,1H3. The van der Waals surface area contributed by atoms with Gasteiger partial charge >= 0.3 is 0 Å². The molecule has 20 heavy (non-hydrogen) atoms. The highest BCUT2D eigenvalue weighted by Gasteiger charge is 2.19. The lowest BCUT2D eigenvalue weighted by Gasteiger charge is -2.13. The zero-order valence-electron chi connectivity index (χ0n) is 11.5. The van der Waals surface area contributed by atoms with Crippen molar-refractivity contribution in [1.29, 1.82) is 0 Å². The van der Waals surface area contributed by atoms with Gasteiger partial charge in [-0.15, -0.1) is 0 Å². The molecule has 1 heterocycles. The van der Waals surface area contributed by atoms with Crippen molar-refractivity contribution < 1.29 is 17.9 Å². The Morgan fingerprint density at radius 2 is 2.00 bits per heavy atom. The van der Waals surface area contributed by atoms with Crippen LogP contribution in [-0.4, -0.2) is 34.2 Å². The van der Waals surface area contributed by atoms with Crippen LogP contribution >= 0.6 is 0 Å². The van der Waals surface area contributed by atoms with E-state index in [9.17, 15) is 8.42 Å². The number of sulfonamides is 1. The quantitative estimate of drug-likeness (QED) is 0.842. The topological polar surface area (TPSA) is 90.7 Å². The number of hydrogen-bond donors (Lipinski definition) is 2. The summed E-state index contributed by atoms with van der Waals surface area (Å²) < 4.78 is 37.8. The third-order valence-electron chi connectivity index (χ3n) is 3.09. The molecule has 0 spiro atoms. The second-order valence-corrected chi connectivity index (χ2v) is 6.45. The maximum absolute atomic E-state index is 12.2. The molecule has 0 saturated heterocycles. The van der Waals surface area contributed by atoms with Gasteiger partial charge in [-0.1, -0.05) is 6.92 Å². The fourth-order valence-electron chi connectivity index (χ4n) is 1.76. The van der Waals surface area contributed by atoms with Gasteiger partial charge in [0.05, 0.1) is 18.1 Å². The zero-order valence-corrected chi connectivity index (χ0v) is 12.3. The van der Waals surface area contributed by atoms with Crippen LogP contribution in [0.1, 0.15) is 19.8 Å². The molecule has 112 valence electrons. The molecule has 1 aromatic carbocycles. The summed E-state index contributed by atoms with van der Waals surface area (Å²) in [5.41, 5.74) is 5.72. The van der Waals surface area contributed by atoms with E-state index in [-0.39, 0.29) is 17.5 Å². The Kier molecular flexibility index (Phi) is 4.85. The van der Waals surface area contributed by atoms with Crippen LogP contribution in [0.15, 0.2) is 23.1 Å². The lowest BCUT2D eigenvalue weighted by atomic mass is 10.2. The molecule has 6 nitrogen and oxygen atoms in total. The van der Waals surface area contributed by atoms with Crippen molar-refractivity contribution in [2.24, 2.45) is 5.73 Å². The molecule has 0 saturated carbocycles. The average Bonchev–Trinajstić information content (AvgIpc) is 2.69. The Bertz CT molecular complexity index is 559. The second-order valence-electron chi connectivity index (χ2n) is 4.68. The molecular weight excluding hydrogens is 280 g/mol. The van der Waals surface area contributed by atoms with Crippen molar-refractivity contribution in [1.82, 2.24) is 4.72 Å². The molecule has 0 fully saturated rings. The Hall–Kier alpha value is -1.31. The van der Waals surface area contributed by atoms with Gasteiger partial charge in [0.2, 0.25) is 10.0 Å². The molecule has 1 aliphatic heterocycles. The van der Waals surface area contributed by atoms with E-state index in [1.54, 1.807) is 6.07 Å². The van der Waals surface area contributed by atoms with Crippen LogP contribution in [-0.2, 0) is 10.0 Å². The first kappa shape index (κ1) is 15.1. The smallest absolute Gasteiger partial charge is 0.240 e. The summed E-state index contributed by atoms with van der Waals surface area (Å²) in [7, 11) is -3.58. The maximum Gasteiger partial charge on any atom is 0.240 e. The first-order chi connectivity index (χ1) is 9.53. The highest BCUT2D eigenvalue weighted by molar-refractivity contribution is 7.89. The van der Waals surface area contributed by atoms with Gasteiger partial charge in [-0.2, -0.15) is 0 Å². The summed E-state index contributed by atoms with van der Waals surface area (Å²) in [5, 5.41) is 0. The number of benzene rings is 1. The van der Waals surface area contributed by atoms with Crippen LogP contribution in [0.3, 0.4) is 0 Å². The van der Waals surface area contributed by atoms with Crippen molar-refractivity contribution >= 4 is 10.0 Å². The number of ether oxygens (including phenoxy) is 2. The molecule has 1 unspecified atom stereocenters. The van der Waals surface area contributed by atoms with E-state index < -0.39 is 10.0 Å². The van der Waals surface area contributed by atoms with Gasteiger partial charge < -0.3 is 15.2 Å². The molecular formula is C13H20N2O4S. The molecule has 3 N–H and O–H groups in total. The molecule has 7 heteroatoms. The Morgan fingerprint density at radius 3 is 2.70 bits per heavy atom. The largest absolute Gasteiger partial charge is 0.490 e. The third kappa shape index (κ3) is 3.62. The van der Waals surface area contributed by atoms with Gasteiger partial charge in [0.25, 0.3) is 0 Å². The molecule has 0 aromatic heterocycles. The highest BCUT2D eigenvalue weighted by atomic mass is 32.2. The van der Waals surface area contributed by atoms with Gasteiger partial charge in [0, 0.05) is 25.1 Å². The van der Waals surface area contributed by atoms with Crippen LogP contribution in [0.4, 0.5) is 0 Å². The number of rotatable bonds is 5. The van der Waals surface area contributed by atoms with Crippen LogP contribution < -0.4 is 19.9 Å². The minimum atomic E-state index is -3.58. The molecule has 0 radical (unpaired) electrons. The van der Waals surface area contributed by atoms with E-state index in [1.165, 1.54) is 12.1 Å². The molecule has 1 aliphatic rings. The SMILES string of the molecule is CCC(N)CNS(=O)(=O)c1ccc2c(c1)OCCCO2. The highest BCUT2D eigenvalue weighted by Crippen LogP contribution is 2.31. The molecule has 0 bridgehead atoms. The Balaban J connectivity index is 2.17. The van der Waals surface area contributed by atoms with E-state index in [0.29, 0.717) is 31.1 Å². The lowest BCUT2D eigenvalue weighted by Crippen LogP contribution is -2.36. The molecule has 1 atom stereocenters. The van der Waals surface area contributed by atoms with Crippen molar-refractivity contribution in [3.63, 3.8) is 0 Å². The van der Waals surface area contributed by atoms with Crippen LogP contribution in [0.2, 0.25) is 0 Å². The Labute approximate surface area is 119 Å². The summed E-state index contributed by atoms with van der Waals surface area (Å²) >= 11 is 0. The fraction of sp³-hybridized carbons (Fsp3) is 0.538. The van der Waals surface area contributed by atoms with Crippen LogP contribution in [0.5, 0.6) is 11.5 Å². The van der Waals surface area contributed by atoms with Gasteiger partial charge in [0.1, 0.15) is 0 Å². The van der Waals surface area contributed by atoms with E-state index in [2.05, 4.69) is 4.72 Å². The predicted octanol–water partition coefficient (Wildman–Crippen LogP) is 0.864. The predicted molar refractivity (Wildman–Crippen MR) is 75.5 cm³/mol. The average molecular weight is 300 g/mol. The van der Waals surface area contributed by atoms with E-state index in [1.807, 2.05) is 6.92 Å². The van der Waals surface area contributed by atoms with E-state index in [4.69, 9.17) is 15.2 Å². The molecule has 0 amide bonds. The second kappa shape index (κ2) is 6.43. The molecule has 1 aromatic rings. The minimum Gasteiger partial charge on any atom is -0.490 e. The van der Waals surface area contributed by atoms with Gasteiger partial charge in [-0.25, -0.2) is 13.1 Å². The first-order valence-electron chi connectivity index (χ1n) is 6.68. The van der Waals surface area contributed by atoms with Crippen molar-refractivity contribution in [3.05, 3.63) is 18.2 Å². The number of nitrogens with two attached hydrogens (primary N) is 1. The van der Waals surface area contributed by atoms with Crippen LogP contribution in [0.25, 0.3) is 0 Å². The van der Waals surface area contributed by atoms with Crippen molar-refractivity contribution in [3.8, 4) is 11.5 Å². The van der Waals surface area contributed by atoms with Crippen molar-refractivity contribution in [2.45, 2.75) is 30.7 Å². The lowest BCUT2D eigenvalue weighted by molar-refractivity contribution is 0.297. The Morgan fingerprint density at radius 1 is 1.30 bits per heavy atom. The number of hydrogen-bond acceptors (Lipinski definition) is 5. The van der Waals surface area contributed by atoms with Gasteiger partial charge in [-0.05, 0) is 18.6 Å². The summed E-state index contributed by atoms with van der Waals surface area (Å²) in [6.07, 6.45) is 1.49. The fourth-order valence-corrected chi connectivity index (χ4v) is 2.86. The summed E-state index contributed by atoms with van der Waals surface area (Å²) in [6.45, 7) is 3.22. The van der Waals surface area contributed by atoms with Gasteiger partial charge in [-0.3, -0.25) is 0 Å². The monoisotopic (exact) mass is 300 g/mol. The van der Waals surface area contributed by atoms with Crippen molar-refractivity contribution in [2.75, 3.05) is 19.8 Å². The number of fused-ring (bicyclic) bond motifs is 1. The minimum absolute atomic E-state index is 0.157. The van der Waals surface area contributed by atoms with Gasteiger partial charge in [0.15, 0.2) is 11.5 Å². The first-order valence-corrected chi connectivity index (χ1v) is 8.16. The summed E-state index contributed by atoms with van der Waals surface area (Å²) in [4.78, 5) is 0.157. The summed E-state index contributed by atoms with van der Waals surface area (Å²) in [6, 6.07) is 4.42. The molecule has 0 aliphatic carbocycles. The van der Waals surface area contributed by atoms with E-state index in [0.717, 1.165) is 6.42 Å². The molecule has 2 rings (SSSR count). The van der Waals surface area contributed by atoms with Crippen LogP contribution in [0, 0.1) is 0 Å². The maximum atomic E-state index is 12.2. The normalized spacial score (nSPS) is 16.5. The zero-order chi connectivity index (χ0) is 14.6.